The largest absolute Gasteiger partial charge is 0.300 e. The Balaban J connectivity index is 0.000000139. The zero-order valence-corrected chi connectivity index (χ0v) is 53.5. The summed E-state index contributed by atoms with van der Waals surface area (Å²) in [6.07, 6.45) is 0. The molecule has 18 rings (SSSR count). The maximum atomic E-state index is 14.7. The van der Waals surface area contributed by atoms with Crippen molar-refractivity contribution < 1.29 is 24.0 Å². The van der Waals surface area contributed by atoms with E-state index in [4.69, 9.17) is 0 Å². The molecule has 6 saturated carbocycles. The molecule has 464 valence electrons. The molecule has 0 N–H and O–H groups in total. The lowest BCUT2D eigenvalue weighted by atomic mass is 9.61. The standard InChI is InChI=1S/2C40H38N2O2.C3H6O/c2*1-25(43)39-33(29-19-11-5-12-20-29)31-32-34(30-21-13-6-14-22-30)40(26(2)44)36(31)42(24-28-17-9-4-10-18-28)37(39)38(40)41(35(32)39)23-27-15-7-3-8-16-27;1-3(2)4/h2*3-22,31-38H,23-24H2,1-2H3;1-2H3/t2*31-,32-,33-,34-,35+,36+,37+,38+,39-,40-;/m00./s1. The average molecular weight is 1220 g/mol. The third-order valence-corrected chi connectivity index (χ3v) is 25.2. The van der Waals surface area contributed by atoms with Gasteiger partial charge in [-0.25, -0.2) is 0 Å². The van der Waals surface area contributed by atoms with E-state index in [0.717, 1.165) is 26.2 Å². The van der Waals surface area contributed by atoms with Crippen molar-refractivity contribution in [1.29, 1.82) is 0 Å². The van der Waals surface area contributed by atoms with Gasteiger partial charge >= 0.3 is 0 Å². The summed E-state index contributed by atoms with van der Waals surface area (Å²) in [5.41, 5.74) is 7.68. The lowest BCUT2D eigenvalue weighted by molar-refractivity contribution is -0.142. The lowest BCUT2D eigenvalue weighted by Gasteiger charge is -2.53. The molecule has 0 radical (unpaired) electrons. The molecule has 92 heavy (non-hydrogen) atoms. The van der Waals surface area contributed by atoms with E-state index in [1.54, 1.807) is 0 Å². The van der Waals surface area contributed by atoms with E-state index in [9.17, 15) is 24.0 Å². The molecule has 6 aliphatic carbocycles. The quantitative estimate of drug-likeness (QED) is 0.0937. The summed E-state index contributed by atoms with van der Waals surface area (Å²) >= 11 is 0. The molecule has 16 bridgehead atoms. The molecule has 4 heterocycles. The third-order valence-electron chi connectivity index (χ3n) is 25.2. The number of likely N-dealkylation sites (tertiary alicyclic amines) is 4. The van der Waals surface area contributed by atoms with Crippen LogP contribution in [-0.4, -0.2) is 96.9 Å². The van der Waals surface area contributed by atoms with Crippen molar-refractivity contribution in [1.82, 2.24) is 19.6 Å². The van der Waals surface area contributed by atoms with Gasteiger partial charge in [0.1, 0.15) is 28.9 Å². The minimum atomic E-state index is -0.595. The van der Waals surface area contributed by atoms with Gasteiger partial charge in [-0.1, -0.05) is 243 Å². The number of rotatable bonds is 16. The van der Waals surface area contributed by atoms with Crippen molar-refractivity contribution >= 4 is 28.9 Å². The number of nitrogens with zero attached hydrogens (tertiary/aromatic N) is 4. The molecule has 0 unspecified atom stereocenters. The van der Waals surface area contributed by atoms with Gasteiger partial charge in [0, 0.05) is 98.2 Å². The first-order valence-corrected chi connectivity index (χ1v) is 33.7. The number of carbonyl (C=O) groups is 5. The van der Waals surface area contributed by atoms with Crippen LogP contribution in [0.5, 0.6) is 0 Å². The Morgan fingerprint density at radius 3 is 0.554 bits per heavy atom. The van der Waals surface area contributed by atoms with Crippen LogP contribution in [0.1, 0.15) is 110 Å². The lowest BCUT2D eigenvalue weighted by Crippen LogP contribution is -2.62. The van der Waals surface area contributed by atoms with E-state index in [1.807, 2.05) is 27.7 Å². The highest BCUT2D eigenvalue weighted by molar-refractivity contribution is 5.95. The van der Waals surface area contributed by atoms with Crippen LogP contribution < -0.4 is 0 Å². The fourth-order valence-corrected chi connectivity index (χ4v) is 23.9. The monoisotopic (exact) mass is 1210 g/mol. The van der Waals surface area contributed by atoms with Crippen LogP contribution in [0.25, 0.3) is 0 Å². The summed E-state index contributed by atoms with van der Waals surface area (Å²) < 4.78 is 0. The van der Waals surface area contributed by atoms with Crippen LogP contribution in [0.2, 0.25) is 0 Å². The molecule has 0 spiro atoms. The highest BCUT2D eigenvalue weighted by Gasteiger charge is 2.95. The van der Waals surface area contributed by atoms with Crippen molar-refractivity contribution in [3.8, 4) is 0 Å². The Labute approximate surface area is 541 Å². The van der Waals surface area contributed by atoms with Crippen molar-refractivity contribution in [2.24, 2.45) is 45.3 Å². The van der Waals surface area contributed by atoms with Crippen molar-refractivity contribution in [3.05, 3.63) is 287 Å². The summed E-state index contributed by atoms with van der Waals surface area (Å²) in [5, 5.41) is 0. The third kappa shape index (κ3) is 7.71. The number of hydrogen-bond donors (Lipinski definition) is 0. The summed E-state index contributed by atoms with van der Waals surface area (Å²) in [6.45, 7) is 13.5. The van der Waals surface area contributed by atoms with Gasteiger partial charge in [-0.3, -0.25) is 38.8 Å². The molecular weight excluding hydrogens is 1130 g/mol. The summed E-state index contributed by atoms with van der Waals surface area (Å²) in [6, 6.07) is 86.3. The Morgan fingerprint density at radius 1 is 0.250 bits per heavy atom. The molecule has 8 aromatic carbocycles. The van der Waals surface area contributed by atoms with Gasteiger partial charge < -0.3 is 4.79 Å². The van der Waals surface area contributed by atoms with E-state index < -0.39 is 21.7 Å². The highest BCUT2D eigenvalue weighted by Crippen LogP contribution is 2.87. The molecule has 0 aromatic heterocycles. The number of benzene rings is 8. The molecular formula is C83H82N4O5. The first kappa shape index (κ1) is 59.0. The van der Waals surface area contributed by atoms with Gasteiger partial charge in [-0.2, -0.15) is 0 Å². The summed E-state index contributed by atoms with van der Waals surface area (Å²) in [7, 11) is 0. The van der Waals surface area contributed by atoms with Crippen molar-refractivity contribution in [3.63, 3.8) is 0 Å². The topological polar surface area (TPSA) is 98.3 Å². The maximum absolute atomic E-state index is 14.7. The zero-order valence-electron chi connectivity index (χ0n) is 53.5. The first-order valence-electron chi connectivity index (χ1n) is 33.7. The second kappa shape index (κ2) is 22.0. The van der Waals surface area contributed by atoms with Gasteiger partial charge in [0.25, 0.3) is 0 Å². The smallest absolute Gasteiger partial charge is 0.139 e. The van der Waals surface area contributed by atoms with E-state index in [1.165, 1.54) is 58.4 Å². The molecule has 9 heteroatoms. The molecule has 9 nitrogen and oxygen atoms in total. The molecule has 8 aromatic rings. The fraction of sp³-hybridized carbons (Fsp3) is 0.361. The second-order valence-electron chi connectivity index (χ2n) is 28.9. The normalized spacial score (nSPS) is 36.3. The molecule has 4 saturated heterocycles. The number of carbonyl (C=O) groups excluding carboxylic acids is 5. The van der Waals surface area contributed by atoms with Crippen LogP contribution >= 0.6 is 0 Å². The van der Waals surface area contributed by atoms with Crippen LogP contribution in [0.3, 0.4) is 0 Å². The molecule has 0 amide bonds. The van der Waals surface area contributed by atoms with E-state index in [-0.39, 0.29) is 101 Å². The van der Waals surface area contributed by atoms with Gasteiger partial charge in [0.15, 0.2) is 0 Å². The van der Waals surface area contributed by atoms with E-state index in [0.29, 0.717) is 23.1 Å². The fourth-order valence-electron chi connectivity index (χ4n) is 23.9. The molecule has 10 fully saturated rings. The van der Waals surface area contributed by atoms with E-state index >= 15 is 0 Å². The predicted molar refractivity (Wildman–Crippen MR) is 358 cm³/mol. The first-order chi connectivity index (χ1) is 44.8. The molecule has 10 aliphatic rings. The van der Waals surface area contributed by atoms with Gasteiger partial charge in [-0.05, 0) is 110 Å². The maximum Gasteiger partial charge on any atom is 0.139 e. The Bertz CT molecular complexity index is 3600. The van der Waals surface area contributed by atoms with Crippen LogP contribution in [0, 0.1) is 45.3 Å². The Kier molecular flexibility index (Phi) is 14.1. The zero-order chi connectivity index (χ0) is 63.2. The summed E-state index contributed by atoms with van der Waals surface area (Å²) in [5.74, 6) is 2.45. The van der Waals surface area contributed by atoms with Gasteiger partial charge in [-0.15, -0.1) is 0 Å². The van der Waals surface area contributed by atoms with Crippen molar-refractivity contribution in [2.75, 3.05) is 0 Å². The summed E-state index contributed by atoms with van der Waals surface area (Å²) in [4.78, 5) is 79.0. The van der Waals surface area contributed by atoms with Gasteiger partial charge in [0.2, 0.25) is 0 Å². The van der Waals surface area contributed by atoms with Crippen LogP contribution in [0.15, 0.2) is 243 Å². The number of Topliss-reactive ketones (excluding diaryl/α,β-unsaturated/α-hetero) is 5. The second-order valence-corrected chi connectivity index (χ2v) is 28.9. The minimum Gasteiger partial charge on any atom is -0.300 e. The number of ketones is 5. The number of piperidine rings is 4. The predicted octanol–water partition coefficient (Wildman–Crippen LogP) is 13.6. The average Bonchev–Trinajstić information content (AvgIpc) is 1.43. The SMILES string of the molecule is CC(=O)[C@@]12[C@@H](c3ccccc3)[C@@H]3[C@H]4[C@H](c5ccccc5)[C@@]5(C(C)=O)[C@@H]3N(Cc3ccccc3)[C@@H]1[C@H]5N(Cc1ccccc1)[C@H]42.CC(=O)[C@@]12[C@@H](c3ccccc3)[C@@H]3[C@H]4[C@H](c5ccccc5)[C@@]5(C(C)=O)[C@@H]3N(Cc3ccccc3)[C@@H]1[C@H]5N(Cc1ccccc1)[C@H]42.CC(C)=O. The minimum absolute atomic E-state index is 0.0389. The number of hydrogen-bond acceptors (Lipinski definition) is 9. The van der Waals surface area contributed by atoms with Crippen molar-refractivity contribution in [2.45, 2.75) is 140 Å². The molecule has 4 aliphatic heterocycles. The highest BCUT2D eigenvalue weighted by atomic mass is 16.1. The Morgan fingerprint density at radius 2 is 0.402 bits per heavy atom. The Hall–Kier alpha value is -8.05. The van der Waals surface area contributed by atoms with Crippen LogP contribution in [-0.2, 0) is 50.2 Å². The van der Waals surface area contributed by atoms with Gasteiger partial charge in [0.05, 0.1) is 21.7 Å². The molecule has 20 atom stereocenters. The van der Waals surface area contributed by atoms with Crippen LogP contribution in [0.4, 0.5) is 0 Å². The van der Waals surface area contributed by atoms with E-state index in [2.05, 4.69) is 262 Å².